The number of methoxy groups -OCH3 is 2. The van der Waals surface area contributed by atoms with Gasteiger partial charge in [-0.1, -0.05) is 17.8 Å². The molecule has 28 heavy (non-hydrogen) atoms. The maximum absolute atomic E-state index is 13.2. The van der Waals surface area contributed by atoms with Crippen molar-refractivity contribution in [2.45, 2.75) is 36.7 Å². The van der Waals surface area contributed by atoms with Crippen molar-refractivity contribution in [3.8, 4) is 11.5 Å². The van der Waals surface area contributed by atoms with Gasteiger partial charge in [0.25, 0.3) is 5.56 Å². The number of benzene rings is 1. The highest BCUT2D eigenvalue weighted by molar-refractivity contribution is 7.98. The van der Waals surface area contributed by atoms with Crippen LogP contribution in [0.2, 0.25) is 0 Å². The van der Waals surface area contributed by atoms with Gasteiger partial charge in [-0.15, -0.1) is 17.9 Å². The molecule has 1 aromatic carbocycles. The van der Waals surface area contributed by atoms with E-state index in [1.807, 2.05) is 18.2 Å². The van der Waals surface area contributed by atoms with Gasteiger partial charge < -0.3 is 9.47 Å². The number of ether oxygens (including phenoxy) is 2. The van der Waals surface area contributed by atoms with Crippen molar-refractivity contribution >= 4 is 33.3 Å². The fourth-order valence-electron chi connectivity index (χ4n) is 3.60. The summed E-state index contributed by atoms with van der Waals surface area (Å²) in [5.41, 5.74) is 2.26. The van der Waals surface area contributed by atoms with E-state index in [9.17, 15) is 4.79 Å². The quantitative estimate of drug-likeness (QED) is 0.325. The predicted molar refractivity (Wildman–Crippen MR) is 115 cm³/mol. The van der Waals surface area contributed by atoms with Crippen LogP contribution in [-0.4, -0.2) is 23.8 Å². The van der Waals surface area contributed by atoms with E-state index in [4.69, 9.17) is 14.5 Å². The Morgan fingerprint density at radius 3 is 2.93 bits per heavy atom. The molecule has 1 aliphatic carbocycles. The van der Waals surface area contributed by atoms with Crippen molar-refractivity contribution in [3.63, 3.8) is 0 Å². The van der Waals surface area contributed by atoms with Crippen LogP contribution in [0.5, 0.6) is 11.5 Å². The molecule has 0 saturated heterocycles. The maximum Gasteiger partial charge on any atom is 0.263 e. The van der Waals surface area contributed by atoms with Crippen LogP contribution in [0.3, 0.4) is 0 Å². The minimum Gasteiger partial charge on any atom is -0.497 e. The molecule has 0 aliphatic heterocycles. The summed E-state index contributed by atoms with van der Waals surface area (Å²) in [7, 11) is 3.30. The van der Waals surface area contributed by atoms with E-state index in [0.29, 0.717) is 17.5 Å². The van der Waals surface area contributed by atoms with Gasteiger partial charge in [-0.25, -0.2) is 4.98 Å². The standard InChI is InChI=1S/C21H22N2O3S2/c1-4-10-23-20(24)18-15-6-5-7-17(15)28-19(18)22-21(23)27-12-13-11-14(25-2)8-9-16(13)26-3/h4,8-9,11H,1,5-7,10,12H2,2-3H3. The minimum atomic E-state index is 0.0457. The number of thiophene rings is 1. The van der Waals surface area contributed by atoms with Crippen molar-refractivity contribution in [3.05, 3.63) is 57.2 Å². The number of allylic oxidation sites excluding steroid dienone is 1. The molecule has 1 aliphatic rings. The summed E-state index contributed by atoms with van der Waals surface area (Å²) in [6.07, 6.45) is 4.91. The normalized spacial score (nSPS) is 12.9. The molecule has 4 rings (SSSR count). The maximum atomic E-state index is 13.2. The van der Waals surface area contributed by atoms with Gasteiger partial charge in [0.2, 0.25) is 0 Å². The number of rotatable bonds is 7. The molecule has 0 radical (unpaired) electrons. The average molecular weight is 415 g/mol. The molecule has 3 aromatic rings. The van der Waals surface area contributed by atoms with Crippen molar-refractivity contribution in [2.24, 2.45) is 0 Å². The zero-order valence-corrected chi connectivity index (χ0v) is 17.6. The van der Waals surface area contributed by atoms with Gasteiger partial charge in [0, 0.05) is 22.7 Å². The summed E-state index contributed by atoms with van der Waals surface area (Å²) in [6.45, 7) is 4.26. The molecule has 2 aromatic heterocycles. The third-order valence-corrected chi connectivity index (χ3v) is 7.16. The highest BCUT2D eigenvalue weighted by Gasteiger charge is 2.23. The van der Waals surface area contributed by atoms with Crippen LogP contribution < -0.4 is 15.0 Å². The number of aryl methyl sites for hydroxylation is 2. The molecule has 0 fully saturated rings. The monoisotopic (exact) mass is 414 g/mol. The first kappa shape index (κ1) is 19.1. The lowest BCUT2D eigenvalue weighted by atomic mass is 10.2. The summed E-state index contributed by atoms with van der Waals surface area (Å²) >= 11 is 3.20. The summed E-state index contributed by atoms with van der Waals surface area (Å²) < 4.78 is 12.5. The zero-order valence-electron chi connectivity index (χ0n) is 16.0. The smallest absolute Gasteiger partial charge is 0.263 e. The number of nitrogens with zero attached hydrogens (tertiary/aromatic N) is 2. The Kier molecular flexibility index (Phi) is 5.46. The second kappa shape index (κ2) is 8.01. The van der Waals surface area contributed by atoms with Crippen LogP contribution >= 0.6 is 23.1 Å². The summed E-state index contributed by atoms with van der Waals surface area (Å²) in [5.74, 6) is 2.20. The van der Waals surface area contributed by atoms with E-state index in [0.717, 1.165) is 46.5 Å². The zero-order chi connectivity index (χ0) is 19.7. The van der Waals surface area contributed by atoms with E-state index >= 15 is 0 Å². The van der Waals surface area contributed by atoms with Crippen LogP contribution in [0, 0.1) is 0 Å². The molecule has 0 spiro atoms. The third-order valence-electron chi connectivity index (χ3n) is 4.95. The predicted octanol–water partition coefficient (Wildman–Crippen LogP) is 4.44. The molecule has 2 heterocycles. The fraction of sp³-hybridized carbons (Fsp3) is 0.333. The number of aromatic nitrogens is 2. The summed E-state index contributed by atoms with van der Waals surface area (Å²) in [4.78, 5) is 20.3. The fourth-order valence-corrected chi connectivity index (χ4v) is 5.88. The Morgan fingerprint density at radius 2 is 2.18 bits per heavy atom. The van der Waals surface area contributed by atoms with E-state index in [1.165, 1.54) is 22.2 Å². The molecule has 0 saturated carbocycles. The molecule has 0 atom stereocenters. The van der Waals surface area contributed by atoms with Gasteiger partial charge in [0.1, 0.15) is 16.3 Å². The van der Waals surface area contributed by atoms with E-state index in [-0.39, 0.29) is 5.56 Å². The van der Waals surface area contributed by atoms with Gasteiger partial charge in [-0.05, 0) is 43.0 Å². The van der Waals surface area contributed by atoms with Gasteiger partial charge in [0.05, 0.1) is 19.6 Å². The number of fused-ring (bicyclic) bond motifs is 3. The lowest BCUT2D eigenvalue weighted by Crippen LogP contribution is -2.22. The number of thioether (sulfide) groups is 1. The first-order valence-corrected chi connectivity index (χ1v) is 11.0. The van der Waals surface area contributed by atoms with Crippen molar-refractivity contribution in [2.75, 3.05) is 14.2 Å². The average Bonchev–Trinajstić information content (AvgIpc) is 3.29. The highest BCUT2D eigenvalue weighted by atomic mass is 32.2. The summed E-state index contributed by atoms with van der Waals surface area (Å²) in [6, 6.07) is 5.73. The Morgan fingerprint density at radius 1 is 1.32 bits per heavy atom. The van der Waals surface area contributed by atoms with Gasteiger partial charge in [-0.3, -0.25) is 9.36 Å². The van der Waals surface area contributed by atoms with Crippen LogP contribution in [0.4, 0.5) is 0 Å². The van der Waals surface area contributed by atoms with Gasteiger partial charge in [0.15, 0.2) is 5.16 Å². The van der Waals surface area contributed by atoms with Crippen molar-refractivity contribution in [1.82, 2.24) is 9.55 Å². The molecule has 146 valence electrons. The second-order valence-corrected chi connectivity index (χ2v) is 8.63. The number of hydrogen-bond donors (Lipinski definition) is 0. The molecule has 5 nitrogen and oxygen atoms in total. The molecule has 0 N–H and O–H groups in total. The van der Waals surface area contributed by atoms with Crippen LogP contribution in [-0.2, 0) is 25.1 Å². The van der Waals surface area contributed by atoms with Crippen LogP contribution in [0.25, 0.3) is 10.2 Å². The molecule has 7 heteroatoms. The Labute approximate surface area is 172 Å². The van der Waals surface area contributed by atoms with Gasteiger partial charge in [-0.2, -0.15) is 0 Å². The Balaban J connectivity index is 1.74. The lowest BCUT2D eigenvalue weighted by molar-refractivity contribution is 0.400. The minimum absolute atomic E-state index is 0.0457. The Hall–Kier alpha value is -2.25. The van der Waals surface area contributed by atoms with E-state index in [2.05, 4.69) is 6.58 Å². The first-order valence-electron chi connectivity index (χ1n) is 9.16. The highest BCUT2D eigenvalue weighted by Crippen LogP contribution is 2.36. The second-order valence-electron chi connectivity index (χ2n) is 6.60. The van der Waals surface area contributed by atoms with E-state index in [1.54, 1.807) is 36.2 Å². The molecule has 0 amide bonds. The molecule has 0 unspecified atom stereocenters. The van der Waals surface area contributed by atoms with Gasteiger partial charge >= 0.3 is 0 Å². The largest absolute Gasteiger partial charge is 0.497 e. The lowest BCUT2D eigenvalue weighted by Gasteiger charge is -2.13. The number of hydrogen-bond acceptors (Lipinski definition) is 6. The first-order chi connectivity index (χ1) is 13.7. The Bertz CT molecular complexity index is 1100. The molecular formula is C21H22N2O3S2. The van der Waals surface area contributed by atoms with Crippen molar-refractivity contribution in [1.29, 1.82) is 0 Å². The third kappa shape index (κ3) is 3.33. The SMILES string of the molecule is C=CCn1c(SCc2cc(OC)ccc2OC)nc2sc3c(c2c1=O)CCC3. The molecular weight excluding hydrogens is 392 g/mol. The molecule has 0 bridgehead atoms. The topological polar surface area (TPSA) is 53.4 Å². The van der Waals surface area contributed by atoms with Crippen LogP contribution in [0.15, 0.2) is 40.8 Å². The van der Waals surface area contributed by atoms with Crippen LogP contribution in [0.1, 0.15) is 22.4 Å². The van der Waals surface area contributed by atoms with E-state index < -0.39 is 0 Å². The van der Waals surface area contributed by atoms with Crippen molar-refractivity contribution < 1.29 is 9.47 Å². The summed E-state index contributed by atoms with van der Waals surface area (Å²) in [5, 5.41) is 1.52.